The molecule has 0 spiro atoms. The fourth-order valence-corrected chi connectivity index (χ4v) is 1.93. The molecule has 1 aromatic carbocycles. The molecule has 0 atom stereocenters. The molecule has 104 valence electrons. The molecule has 0 unspecified atom stereocenters. The highest BCUT2D eigenvalue weighted by Crippen LogP contribution is 2.21. The number of hydrogen-bond donors (Lipinski definition) is 0. The summed E-state index contributed by atoms with van der Waals surface area (Å²) in [6.45, 7) is 3.55. The molecule has 0 radical (unpaired) electrons. The Balaban J connectivity index is 2.03. The molecular formula is C15H15NO4. The van der Waals surface area contributed by atoms with Gasteiger partial charge in [0.15, 0.2) is 0 Å². The highest BCUT2D eigenvalue weighted by Gasteiger charge is 2.34. The summed E-state index contributed by atoms with van der Waals surface area (Å²) in [5, 5.41) is 0. The number of ether oxygens (including phenoxy) is 1. The van der Waals surface area contributed by atoms with Crippen molar-refractivity contribution in [2.45, 2.75) is 20.0 Å². The van der Waals surface area contributed by atoms with Crippen LogP contribution >= 0.6 is 0 Å². The molecule has 1 aromatic rings. The zero-order valence-electron chi connectivity index (χ0n) is 11.3. The Morgan fingerprint density at radius 1 is 1.20 bits per heavy atom. The molecule has 20 heavy (non-hydrogen) atoms. The summed E-state index contributed by atoms with van der Waals surface area (Å²) in [7, 11) is 0. The number of imide groups is 1. The Morgan fingerprint density at radius 2 is 1.75 bits per heavy atom. The van der Waals surface area contributed by atoms with E-state index in [4.69, 9.17) is 4.74 Å². The van der Waals surface area contributed by atoms with Crippen molar-refractivity contribution >= 4 is 17.8 Å². The van der Waals surface area contributed by atoms with E-state index in [0.29, 0.717) is 11.1 Å². The summed E-state index contributed by atoms with van der Waals surface area (Å²) in [5.41, 5.74) is 0.798. The van der Waals surface area contributed by atoms with Gasteiger partial charge >= 0.3 is 5.97 Å². The lowest BCUT2D eigenvalue weighted by Crippen LogP contribution is -2.29. The molecule has 0 aliphatic carbocycles. The van der Waals surface area contributed by atoms with Crippen molar-refractivity contribution in [1.82, 2.24) is 4.90 Å². The normalized spacial score (nSPS) is 14.2. The predicted octanol–water partition coefficient (Wildman–Crippen LogP) is 1.79. The molecule has 0 N–H and O–H groups in total. The van der Waals surface area contributed by atoms with E-state index in [9.17, 15) is 14.4 Å². The van der Waals surface area contributed by atoms with Crippen LogP contribution in [0.3, 0.4) is 0 Å². The van der Waals surface area contributed by atoms with Gasteiger partial charge in [0.25, 0.3) is 11.8 Å². The van der Waals surface area contributed by atoms with Crippen molar-refractivity contribution in [1.29, 1.82) is 0 Å². The number of amides is 2. The first-order chi connectivity index (χ1) is 9.50. The minimum absolute atomic E-state index is 0.0551. The number of nitrogens with zero attached hydrogens (tertiary/aromatic N) is 1. The van der Waals surface area contributed by atoms with Crippen LogP contribution in [0, 0.1) is 0 Å². The van der Waals surface area contributed by atoms with Gasteiger partial charge in [-0.1, -0.05) is 18.2 Å². The van der Waals surface area contributed by atoms with E-state index in [0.717, 1.165) is 4.90 Å². The molecule has 1 aliphatic rings. The molecule has 1 aliphatic heterocycles. The molecule has 0 fully saturated rings. The lowest BCUT2D eigenvalue weighted by molar-refractivity contribution is -0.141. The van der Waals surface area contributed by atoms with Crippen molar-refractivity contribution in [2.24, 2.45) is 0 Å². The largest absolute Gasteiger partial charge is 0.460 e. The van der Waals surface area contributed by atoms with Crippen LogP contribution in [0.5, 0.6) is 0 Å². The lowest BCUT2D eigenvalue weighted by Gasteiger charge is -2.10. The van der Waals surface area contributed by atoms with Crippen LogP contribution in [-0.4, -0.2) is 35.3 Å². The van der Waals surface area contributed by atoms with Crippen molar-refractivity contribution in [3.63, 3.8) is 0 Å². The van der Waals surface area contributed by atoms with Gasteiger partial charge in [-0.2, -0.15) is 0 Å². The maximum absolute atomic E-state index is 12.0. The van der Waals surface area contributed by atoms with Gasteiger partial charge < -0.3 is 4.74 Å². The first-order valence-electron chi connectivity index (χ1n) is 6.33. The monoisotopic (exact) mass is 273 g/mol. The van der Waals surface area contributed by atoms with Gasteiger partial charge in [0.1, 0.15) is 0 Å². The lowest BCUT2D eigenvalue weighted by atomic mass is 10.1. The molecule has 2 rings (SSSR count). The van der Waals surface area contributed by atoms with Gasteiger partial charge in [0, 0.05) is 12.6 Å². The van der Waals surface area contributed by atoms with E-state index in [1.165, 1.54) is 12.2 Å². The van der Waals surface area contributed by atoms with Crippen molar-refractivity contribution < 1.29 is 19.1 Å². The van der Waals surface area contributed by atoms with Crippen LogP contribution in [0.2, 0.25) is 0 Å². The third-order valence-corrected chi connectivity index (χ3v) is 2.77. The van der Waals surface area contributed by atoms with Crippen LogP contribution in [0.1, 0.15) is 34.6 Å². The zero-order valence-corrected chi connectivity index (χ0v) is 11.3. The Hall–Kier alpha value is -2.43. The maximum Gasteiger partial charge on any atom is 0.330 e. The Kier molecular flexibility index (Phi) is 3.98. The van der Waals surface area contributed by atoms with Crippen molar-refractivity contribution in [2.75, 3.05) is 6.54 Å². The van der Waals surface area contributed by atoms with E-state index >= 15 is 0 Å². The number of esters is 1. The number of carbonyl (C=O) groups excluding carboxylic acids is 3. The van der Waals surface area contributed by atoms with E-state index in [2.05, 4.69) is 0 Å². The average Bonchev–Trinajstić information content (AvgIpc) is 2.63. The summed E-state index contributed by atoms with van der Waals surface area (Å²) >= 11 is 0. The molecule has 1 heterocycles. The average molecular weight is 273 g/mol. The van der Waals surface area contributed by atoms with Gasteiger partial charge in [0.2, 0.25) is 0 Å². The highest BCUT2D eigenvalue weighted by atomic mass is 16.5. The van der Waals surface area contributed by atoms with Crippen molar-refractivity contribution in [3.05, 3.63) is 47.5 Å². The number of benzene rings is 1. The van der Waals surface area contributed by atoms with E-state index in [-0.39, 0.29) is 24.5 Å². The SMILES string of the molecule is CC(C)OC(=O)C=CCN1C(=O)c2ccccc2C1=O. The topological polar surface area (TPSA) is 63.7 Å². The quantitative estimate of drug-likeness (QED) is 0.476. The van der Waals surface area contributed by atoms with Crippen LogP contribution in [-0.2, 0) is 9.53 Å². The second kappa shape index (κ2) is 5.69. The maximum atomic E-state index is 12.0. The summed E-state index contributed by atoms with van der Waals surface area (Å²) < 4.78 is 4.92. The number of hydrogen-bond acceptors (Lipinski definition) is 4. The molecule has 0 saturated heterocycles. The summed E-state index contributed by atoms with van der Waals surface area (Å²) in [6, 6.07) is 6.66. The van der Waals surface area contributed by atoms with Crippen LogP contribution < -0.4 is 0 Å². The standard InChI is InChI=1S/C15H15NO4/c1-10(2)20-13(17)8-5-9-16-14(18)11-6-3-4-7-12(11)15(16)19/h3-8,10H,9H2,1-2H3. The fraction of sp³-hybridized carbons (Fsp3) is 0.267. The summed E-state index contributed by atoms with van der Waals surface area (Å²) in [5.74, 6) is -1.17. The van der Waals surface area contributed by atoms with Crippen LogP contribution in [0.15, 0.2) is 36.4 Å². The molecule has 0 aromatic heterocycles. The predicted molar refractivity (Wildman–Crippen MR) is 72.2 cm³/mol. The number of rotatable bonds is 4. The second-order valence-corrected chi connectivity index (χ2v) is 4.65. The molecule has 0 bridgehead atoms. The summed E-state index contributed by atoms with van der Waals surface area (Å²) in [6.07, 6.45) is 2.47. The minimum Gasteiger partial charge on any atom is -0.460 e. The summed E-state index contributed by atoms with van der Waals surface area (Å²) in [4.78, 5) is 36.4. The first-order valence-corrected chi connectivity index (χ1v) is 6.33. The van der Waals surface area contributed by atoms with E-state index < -0.39 is 5.97 Å². The Labute approximate surface area is 116 Å². The highest BCUT2D eigenvalue weighted by molar-refractivity contribution is 6.21. The van der Waals surface area contributed by atoms with Crippen molar-refractivity contribution in [3.8, 4) is 0 Å². The Bertz CT molecular complexity index is 554. The van der Waals surface area contributed by atoms with Crippen LogP contribution in [0.25, 0.3) is 0 Å². The number of fused-ring (bicyclic) bond motifs is 1. The zero-order chi connectivity index (χ0) is 14.7. The third kappa shape index (κ3) is 2.77. The minimum atomic E-state index is -0.489. The van der Waals surface area contributed by atoms with Gasteiger partial charge in [0.05, 0.1) is 17.2 Å². The molecule has 5 heteroatoms. The molecule has 2 amide bonds. The molecule has 0 saturated carbocycles. The smallest absolute Gasteiger partial charge is 0.330 e. The Morgan fingerprint density at radius 3 is 2.25 bits per heavy atom. The van der Waals surface area contributed by atoms with E-state index in [1.54, 1.807) is 38.1 Å². The van der Waals surface area contributed by atoms with Gasteiger partial charge in [-0.05, 0) is 26.0 Å². The fourth-order valence-electron chi connectivity index (χ4n) is 1.93. The van der Waals surface area contributed by atoms with Crippen LogP contribution in [0.4, 0.5) is 0 Å². The third-order valence-electron chi connectivity index (χ3n) is 2.77. The van der Waals surface area contributed by atoms with E-state index in [1.807, 2.05) is 0 Å². The van der Waals surface area contributed by atoms with Gasteiger partial charge in [-0.25, -0.2) is 4.79 Å². The van der Waals surface area contributed by atoms with Gasteiger partial charge in [-0.3, -0.25) is 14.5 Å². The molecular weight excluding hydrogens is 258 g/mol. The van der Waals surface area contributed by atoms with Gasteiger partial charge in [-0.15, -0.1) is 0 Å². The molecule has 5 nitrogen and oxygen atoms in total. The second-order valence-electron chi connectivity index (χ2n) is 4.65. The number of carbonyl (C=O) groups is 3. The first kappa shape index (κ1) is 14.0.